The van der Waals surface area contributed by atoms with Gasteiger partial charge < -0.3 is 5.73 Å². The molecule has 0 aliphatic heterocycles. The van der Waals surface area contributed by atoms with Crippen molar-refractivity contribution in [2.24, 2.45) is 0 Å². The van der Waals surface area contributed by atoms with Crippen molar-refractivity contribution in [3.8, 4) is 0 Å². The molecule has 0 fully saturated rings. The van der Waals surface area contributed by atoms with Gasteiger partial charge in [-0.2, -0.15) is 16.4 Å². The molecule has 0 unspecified atom stereocenters. The van der Waals surface area contributed by atoms with E-state index < -0.39 is 0 Å². The van der Waals surface area contributed by atoms with Gasteiger partial charge in [-0.25, -0.2) is 4.68 Å². The Kier molecular flexibility index (Phi) is 1.83. The summed E-state index contributed by atoms with van der Waals surface area (Å²) in [5, 5.41) is 8.24. The van der Waals surface area contributed by atoms with Gasteiger partial charge in [0.1, 0.15) is 5.82 Å². The van der Waals surface area contributed by atoms with E-state index in [-0.39, 0.29) is 0 Å². The molecule has 0 saturated heterocycles. The fraction of sp³-hybridized carbons (Fsp3) is 0.125. The van der Waals surface area contributed by atoms with Crippen molar-refractivity contribution in [3.63, 3.8) is 0 Å². The molecular formula is C8H9N3S. The van der Waals surface area contributed by atoms with Crippen molar-refractivity contribution in [3.05, 3.63) is 34.7 Å². The van der Waals surface area contributed by atoms with Gasteiger partial charge in [0, 0.05) is 0 Å². The molecule has 12 heavy (non-hydrogen) atoms. The standard InChI is InChI=1S/C8H9N3S/c9-8-1-3-10-11(8)5-7-2-4-12-6-7/h1-4,6H,5,9H2. The molecule has 0 bridgehead atoms. The van der Waals surface area contributed by atoms with Gasteiger partial charge in [0.05, 0.1) is 12.7 Å². The normalized spacial score (nSPS) is 10.3. The Morgan fingerprint density at radius 3 is 3.00 bits per heavy atom. The zero-order chi connectivity index (χ0) is 8.39. The van der Waals surface area contributed by atoms with Crippen molar-refractivity contribution in [2.75, 3.05) is 5.73 Å². The van der Waals surface area contributed by atoms with Gasteiger partial charge in [-0.15, -0.1) is 0 Å². The lowest BCUT2D eigenvalue weighted by atomic mass is 10.3. The summed E-state index contributed by atoms with van der Waals surface area (Å²) < 4.78 is 1.78. The summed E-state index contributed by atoms with van der Waals surface area (Å²) >= 11 is 1.69. The van der Waals surface area contributed by atoms with Crippen LogP contribution >= 0.6 is 11.3 Å². The van der Waals surface area contributed by atoms with Crippen molar-refractivity contribution in [2.45, 2.75) is 6.54 Å². The molecule has 0 aliphatic rings. The Hall–Kier alpha value is -1.29. The summed E-state index contributed by atoms with van der Waals surface area (Å²) in [6.45, 7) is 0.766. The molecule has 0 saturated carbocycles. The van der Waals surface area contributed by atoms with Crippen LogP contribution in [0.2, 0.25) is 0 Å². The molecule has 0 aliphatic carbocycles. The highest BCUT2D eigenvalue weighted by molar-refractivity contribution is 7.07. The Labute approximate surface area is 74.4 Å². The molecule has 3 nitrogen and oxygen atoms in total. The zero-order valence-corrected chi connectivity index (χ0v) is 7.29. The lowest BCUT2D eigenvalue weighted by Gasteiger charge is -2.00. The van der Waals surface area contributed by atoms with E-state index in [1.54, 1.807) is 28.3 Å². The van der Waals surface area contributed by atoms with E-state index >= 15 is 0 Å². The van der Waals surface area contributed by atoms with E-state index in [0.29, 0.717) is 5.82 Å². The maximum absolute atomic E-state index is 5.66. The van der Waals surface area contributed by atoms with Crippen LogP contribution in [0.5, 0.6) is 0 Å². The van der Waals surface area contributed by atoms with Gasteiger partial charge in [-0.3, -0.25) is 0 Å². The Bertz CT molecular complexity index is 350. The minimum absolute atomic E-state index is 0.709. The minimum Gasteiger partial charge on any atom is -0.384 e. The summed E-state index contributed by atoms with van der Waals surface area (Å²) in [7, 11) is 0. The highest BCUT2D eigenvalue weighted by atomic mass is 32.1. The third-order valence-corrected chi connectivity index (χ3v) is 2.39. The number of aromatic nitrogens is 2. The van der Waals surface area contributed by atoms with Gasteiger partial charge in [-0.05, 0) is 28.5 Å². The molecule has 2 N–H and O–H groups in total. The predicted molar refractivity (Wildman–Crippen MR) is 50.1 cm³/mol. The first kappa shape index (κ1) is 7.36. The largest absolute Gasteiger partial charge is 0.384 e. The lowest BCUT2D eigenvalue weighted by molar-refractivity contribution is 0.699. The molecule has 62 valence electrons. The molecule has 0 atom stereocenters. The van der Waals surface area contributed by atoms with Crippen LogP contribution in [0.15, 0.2) is 29.1 Å². The maximum atomic E-state index is 5.66. The molecule has 2 aromatic rings. The van der Waals surface area contributed by atoms with Crippen LogP contribution in [-0.4, -0.2) is 9.78 Å². The summed E-state index contributed by atoms with van der Waals surface area (Å²) in [5.41, 5.74) is 6.91. The molecule has 2 aromatic heterocycles. The third-order valence-electron chi connectivity index (χ3n) is 1.66. The topological polar surface area (TPSA) is 43.8 Å². The Morgan fingerprint density at radius 2 is 2.42 bits per heavy atom. The number of rotatable bonds is 2. The van der Waals surface area contributed by atoms with Crippen LogP contribution in [0.1, 0.15) is 5.56 Å². The summed E-state index contributed by atoms with van der Waals surface area (Å²) in [6.07, 6.45) is 1.71. The van der Waals surface area contributed by atoms with Gasteiger partial charge in [0.15, 0.2) is 0 Å². The van der Waals surface area contributed by atoms with Gasteiger partial charge in [-0.1, -0.05) is 0 Å². The predicted octanol–water partition coefficient (Wildman–Crippen LogP) is 1.58. The molecule has 0 amide bonds. The molecule has 2 heterocycles. The number of thiophene rings is 1. The third kappa shape index (κ3) is 1.33. The summed E-state index contributed by atoms with van der Waals surface area (Å²) in [5.74, 6) is 0.709. The second-order valence-electron chi connectivity index (χ2n) is 2.55. The smallest absolute Gasteiger partial charge is 0.122 e. The fourth-order valence-corrected chi connectivity index (χ4v) is 1.69. The van der Waals surface area contributed by atoms with E-state index in [0.717, 1.165) is 6.54 Å². The quantitative estimate of drug-likeness (QED) is 0.760. The van der Waals surface area contributed by atoms with Crippen LogP contribution < -0.4 is 5.73 Å². The first-order valence-electron chi connectivity index (χ1n) is 3.64. The van der Waals surface area contributed by atoms with Gasteiger partial charge in [0.25, 0.3) is 0 Å². The number of hydrogen-bond donors (Lipinski definition) is 1. The SMILES string of the molecule is Nc1ccnn1Cc1ccsc1. The fourth-order valence-electron chi connectivity index (χ4n) is 1.03. The van der Waals surface area contributed by atoms with Crippen LogP contribution in [0.25, 0.3) is 0 Å². The second-order valence-corrected chi connectivity index (χ2v) is 3.33. The first-order valence-corrected chi connectivity index (χ1v) is 4.59. The molecule has 2 rings (SSSR count). The van der Waals surface area contributed by atoms with Crippen LogP contribution in [0.3, 0.4) is 0 Å². The highest BCUT2D eigenvalue weighted by Gasteiger charge is 1.98. The van der Waals surface area contributed by atoms with Gasteiger partial charge in [0.2, 0.25) is 0 Å². The van der Waals surface area contributed by atoms with E-state index in [4.69, 9.17) is 5.73 Å². The van der Waals surface area contributed by atoms with Gasteiger partial charge >= 0.3 is 0 Å². The van der Waals surface area contributed by atoms with Crippen LogP contribution in [0.4, 0.5) is 5.82 Å². The van der Waals surface area contributed by atoms with E-state index in [2.05, 4.69) is 21.9 Å². The molecular weight excluding hydrogens is 170 g/mol. The summed E-state index contributed by atoms with van der Waals surface area (Å²) in [4.78, 5) is 0. The summed E-state index contributed by atoms with van der Waals surface area (Å²) in [6, 6.07) is 3.87. The average molecular weight is 179 g/mol. The van der Waals surface area contributed by atoms with E-state index in [1.165, 1.54) is 5.56 Å². The monoisotopic (exact) mass is 179 g/mol. The first-order chi connectivity index (χ1) is 5.86. The minimum atomic E-state index is 0.709. The highest BCUT2D eigenvalue weighted by Crippen LogP contribution is 2.09. The molecule has 0 aromatic carbocycles. The van der Waals surface area contributed by atoms with E-state index in [9.17, 15) is 0 Å². The molecule has 0 radical (unpaired) electrons. The lowest BCUT2D eigenvalue weighted by Crippen LogP contribution is -2.04. The van der Waals surface area contributed by atoms with Crippen molar-refractivity contribution < 1.29 is 0 Å². The number of nitrogens with zero attached hydrogens (tertiary/aromatic N) is 2. The second kappa shape index (κ2) is 2.98. The Balaban J connectivity index is 2.20. The maximum Gasteiger partial charge on any atom is 0.122 e. The average Bonchev–Trinajstić information content (AvgIpc) is 2.65. The number of anilines is 1. The number of hydrogen-bond acceptors (Lipinski definition) is 3. The molecule has 4 heteroatoms. The number of nitrogen functional groups attached to an aromatic ring is 1. The van der Waals surface area contributed by atoms with Crippen molar-refractivity contribution >= 4 is 17.2 Å². The molecule has 0 spiro atoms. The van der Waals surface area contributed by atoms with Crippen molar-refractivity contribution in [1.82, 2.24) is 9.78 Å². The van der Waals surface area contributed by atoms with Crippen LogP contribution in [-0.2, 0) is 6.54 Å². The number of nitrogens with two attached hydrogens (primary N) is 1. The van der Waals surface area contributed by atoms with E-state index in [1.807, 2.05) is 0 Å². The Morgan fingerprint density at radius 1 is 1.50 bits per heavy atom. The van der Waals surface area contributed by atoms with Crippen LogP contribution in [0, 0.1) is 0 Å². The van der Waals surface area contributed by atoms with Crippen molar-refractivity contribution in [1.29, 1.82) is 0 Å². The zero-order valence-electron chi connectivity index (χ0n) is 6.47.